The number of aromatic nitrogens is 3. The highest BCUT2D eigenvalue weighted by atomic mass is 15.0. The molecule has 0 saturated heterocycles. The van der Waals surface area contributed by atoms with E-state index in [0.29, 0.717) is 5.82 Å². The third-order valence-corrected chi connectivity index (χ3v) is 10.2. The molecule has 0 aliphatic carbocycles. The zero-order valence-corrected chi connectivity index (χ0v) is 28.9. The number of fused-ring (bicyclic) bond motifs is 4. The lowest BCUT2D eigenvalue weighted by Gasteiger charge is -2.14. The second-order valence-electron chi connectivity index (χ2n) is 13.4. The van der Waals surface area contributed by atoms with Crippen molar-refractivity contribution in [1.29, 1.82) is 0 Å². The molecule has 3 nitrogen and oxygen atoms in total. The Hall–Kier alpha value is -7.10. The number of hydrogen-bond donors (Lipinski definition) is 0. The van der Waals surface area contributed by atoms with Crippen LogP contribution in [0.15, 0.2) is 200 Å². The average molecular weight is 676 g/mol. The smallest absolute Gasteiger partial charge is 0.161 e. The quantitative estimate of drug-likeness (QED) is 0.176. The van der Waals surface area contributed by atoms with E-state index >= 15 is 0 Å². The molecule has 8 aromatic carbocycles. The molecule has 0 bridgehead atoms. The summed E-state index contributed by atoms with van der Waals surface area (Å²) in [7, 11) is 0. The van der Waals surface area contributed by atoms with Crippen LogP contribution in [-0.2, 0) is 0 Å². The fourth-order valence-corrected chi connectivity index (χ4v) is 7.70. The van der Waals surface area contributed by atoms with Gasteiger partial charge in [0.1, 0.15) is 0 Å². The van der Waals surface area contributed by atoms with E-state index in [-0.39, 0.29) is 0 Å². The molecule has 10 aromatic rings. The van der Waals surface area contributed by atoms with Crippen LogP contribution < -0.4 is 0 Å². The topological polar surface area (TPSA) is 30.7 Å². The first kappa shape index (κ1) is 30.7. The van der Waals surface area contributed by atoms with Gasteiger partial charge in [-0.15, -0.1) is 0 Å². The molecule has 2 heterocycles. The molecule has 0 atom stereocenters. The molecule has 0 aliphatic heterocycles. The molecule has 0 aliphatic rings. The lowest BCUT2D eigenvalue weighted by Crippen LogP contribution is -1.97. The predicted molar refractivity (Wildman–Crippen MR) is 221 cm³/mol. The number of benzene rings is 8. The van der Waals surface area contributed by atoms with Crippen LogP contribution >= 0.6 is 0 Å². The fraction of sp³-hybridized carbons (Fsp3) is 0. The average Bonchev–Trinajstić information content (AvgIpc) is 3.58. The largest absolute Gasteiger partial charge is 0.309 e. The van der Waals surface area contributed by atoms with Gasteiger partial charge in [-0.2, -0.15) is 0 Å². The van der Waals surface area contributed by atoms with Gasteiger partial charge >= 0.3 is 0 Å². The normalized spacial score (nSPS) is 11.4. The Morgan fingerprint density at radius 2 is 0.792 bits per heavy atom. The van der Waals surface area contributed by atoms with Crippen LogP contribution in [0.2, 0.25) is 0 Å². The highest BCUT2D eigenvalue weighted by molar-refractivity contribution is 6.09. The first-order valence-electron chi connectivity index (χ1n) is 18.0. The van der Waals surface area contributed by atoms with Crippen LogP contribution in [0.5, 0.6) is 0 Å². The Bertz CT molecular complexity index is 2870. The van der Waals surface area contributed by atoms with Crippen LogP contribution in [0.4, 0.5) is 0 Å². The zero-order chi connectivity index (χ0) is 35.1. The highest BCUT2D eigenvalue weighted by Crippen LogP contribution is 2.38. The van der Waals surface area contributed by atoms with Gasteiger partial charge in [0.25, 0.3) is 0 Å². The molecule has 0 spiro atoms. The van der Waals surface area contributed by atoms with E-state index in [1.165, 1.54) is 32.9 Å². The third kappa shape index (κ3) is 5.47. The predicted octanol–water partition coefficient (Wildman–Crippen LogP) is 13.1. The summed E-state index contributed by atoms with van der Waals surface area (Å²) in [6, 6.07) is 70.9. The van der Waals surface area contributed by atoms with Crippen molar-refractivity contribution < 1.29 is 0 Å². The SMILES string of the molecule is c1ccc(-c2cccc(-c3cc(-c4ccccc4)nc(-c4ccc(-c5ccc(-n6c7ccccc7c7ccccc76)cc5)c5ccccc45)n3)c2)cc1. The summed E-state index contributed by atoms with van der Waals surface area (Å²) in [6.07, 6.45) is 0. The monoisotopic (exact) mass is 675 g/mol. The van der Waals surface area contributed by atoms with Crippen LogP contribution in [0, 0.1) is 0 Å². The lowest BCUT2D eigenvalue weighted by atomic mass is 9.94. The van der Waals surface area contributed by atoms with Crippen molar-refractivity contribution in [3.05, 3.63) is 200 Å². The molecular weight excluding hydrogens is 643 g/mol. The Morgan fingerprint density at radius 1 is 0.302 bits per heavy atom. The van der Waals surface area contributed by atoms with Crippen LogP contribution in [0.25, 0.3) is 94.4 Å². The molecular formula is C50H33N3. The van der Waals surface area contributed by atoms with Crippen LogP contribution in [0.1, 0.15) is 0 Å². The van der Waals surface area contributed by atoms with E-state index in [4.69, 9.17) is 9.97 Å². The lowest BCUT2D eigenvalue weighted by molar-refractivity contribution is 1.18. The Balaban J connectivity index is 1.09. The van der Waals surface area contributed by atoms with Crippen molar-refractivity contribution >= 4 is 32.6 Å². The molecule has 2 aromatic heterocycles. The van der Waals surface area contributed by atoms with Crippen LogP contribution in [-0.4, -0.2) is 14.5 Å². The van der Waals surface area contributed by atoms with Gasteiger partial charge in [-0.25, -0.2) is 9.97 Å². The van der Waals surface area contributed by atoms with Gasteiger partial charge in [-0.05, 0) is 75.5 Å². The van der Waals surface area contributed by atoms with Crippen molar-refractivity contribution in [1.82, 2.24) is 14.5 Å². The maximum atomic E-state index is 5.26. The third-order valence-electron chi connectivity index (χ3n) is 10.2. The molecule has 0 fully saturated rings. The second kappa shape index (κ2) is 12.9. The summed E-state index contributed by atoms with van der Waals surface area (Å²) in [6.45, 7) is 0. The molecule has 0 saturated carbocycles. The van der Waals surface area contributed by atoms with E-state index in [1.807, 2.05) is 12.1 Å². The van der Waals surface area contributed by atoms with Gasteiger partial charge in [0, 0.05) is 33.2 Å². The summed E-state index contributed by atoms with van der Waals surface area (Å²) in [5, 5.41) is 4.81. The van der Waals surface area contributed by atoms with E-state index in [0.717, 1.165) is 55.7 Å². The molecule has 0 radical (unpaired) electrons. The maximum Gasteiger partial charge on any atom is 0.161 e. The minimum atomic E-state index is 0.705. The minimum Gasteiger partial charge on any atom is -0.309 e. The van der Waals surface area contributed by atoms with Crippen molar-refractivity contribution in [2.24, 2.45) is 0 Å². The molecule has 53 heavy (non-hydrogen) atoms. The van der Waals surface area contributed by atoms with E-state index < -0.39 is 0 Å². The van der Waals surface area contributed by atoms with Crippen LogP contribution in [0.3, 0.4) is 0 Å². The van der Waals surface area contributed by atoms with Gasteiger partial charge in [0.2, 0.25) is 0 Å². The van der Waals surface area contributed by atoms with Crippen molar-refractivity contribution in [2.75, 3.05) is 0 Å². The van der Waals surface area contributed by atoms with Gasteiger partial charge in [-0.3, -0.25) is 0 Å². The molecule has 0 N–H and O–H groups in total. The van der Waals surface area contributed by atoms with Crippen molar-refractivity contribution in [2.45, 2.75) is 0 Å². The van der Waals surface area contributed by atoms with Crippen molar-refractivity contribution in [3.63, 3.8) is 0 Å². The van der Waals surface area contributed by atoms with Gasteiger partial charge < -0.3 is 4.57 Å². The summed E-state index contributed by atoms with van der Waals surface area (Å²) < 4.78 is 2.36. The van der Waals surface area contributed by atoms with Crippen molar-refractivity contribution in [3.8, 4) is 61.8 Å². The van der Waals surface area contributed by atoms with Gasteiger partial charge in [-0.1, -0.05) is 158 Å². The molecule has 248 valence electrons. The standard InChI is InChI=1S/C50H33N3/c1-3-14-34(15-4-1)37-18-13-19-38(32-37)47-33-46(36-16-5-2-6-17-36)51-50(52-47)45-31-30-40(41-20-7-8-21-42(41)45)35-26-28-39(29-27-35)53-48-24-11-9-22-43(48)44-23-10-12-25-49(44)53/h1-33H. The Kier molecular flexibility index (Phi) is 7.47. The summed E-state index contributed by atoms with van der Waals surface area (Å²) in [4.78, 5) is 10.5. The molecule has 0 amide bonds. The van der Waals surface area contributed by atoms with E-state index in [1.54, 1.807) is 0 Å². The summed E-state index contributed by atoms with van der Waals surface area (Å²) in [5.74, 6) is 0.705. The summed E-state index contributed by atoms with van der Waals surface area (Å²) in [5.41, 5.74) is 13.1. The highest BCUT2D eigenvalue weighted by Gasteiger charge is 2.16. The maximum absolute atomic E-state index is 5.26. The Labute approximate surface area is 308 Å². The zero-order valence-electron chi connectivity index (χ0n) is 28.9. The molecule has 0 unspecified atom stereocenters. The number of para-hydroxylation sites is 2. The second-order valence-corrected chi connectivity index (χ2v) is 13.4. The molecule has 10 rings (SSSR count). The number of hydrogen-bond acceptors (Lipinski definition) is 2. The van der Waals surface area contributed by atoms with Gasteiger partial charge in [0.05, 0.1) is 22.4 Å². The number of nitrogens with zero attached hydrogens (tertiary/aromatic N) is 3. The van der Waals surface area contributed by atoms with E-state index in [9.17, 15) is 0 Å². The first-order chi connectivity index (χ1) is 26.3. The molecule has 3 heteroatoms. The minimum absolute atomic E-state index is 0.705. The van der Waals surface area contributed by atoms with Gasteiger partial charge in [0.15, 0.2) is 5.82 Å². The Morgan fingerprint density at radius 3 is 1.45 bits per heavy atom. The number of rotatable bonds is 6. The summed E-state index contributed by atoms with van der Waals surface area (Å²) >= 11 is 0. The fourth-order valence-electron chi connectivity index (χ4n) is 7.70. The van der Waals surface area contributed by atoms with E-state index in [2.05, 4.69) is 193 Å². The first-order valence-corrected chi connectivity index (χ1v) is 18.0.